The van der Waals surface area contributed by atoms with Crippen molar-refractivity contribution in [2.45, 2.75) is 52.6 Å². The van der Waals surface area contributed by atoms with Crippen LogP contribution in [0.25, 0.3) is 0 Å². The predicted octanol–water partition coefficient (Wildman–Crippen LogP) is 3.66. The second-order valence-electron chi connectivity index (χ2n) is 5.97. The van der Waals surface area contributed by atoms with Gasteiger partial charge in [-0.15, -0.1) is 0 Å². The smallest absolute Gasteiger partial charge is 0.0208 e. The van der Waals surface area contributed by atoms with E-state index >= 15 is 0 Å². The van der Waals surface area contributed by atoms with Crippen molar-refractivity contribution in [3.63, 3.8) is 0 Å². The zero-order valence-electron chi connectivity index (χ0n) is 10.7. The number of benzene rings is 1. The van der Waals surface area contributed by atoms with Gasteiger partial charge in [0.05, 0.1) is 0 Å². The minimum atomic E-state index is 0.546. The SMILES string of the molecule is Cc1cccc(CNC2CCC(C)(C)C2)c1. The summed E-state index contributed by atoms with van der Waals surface area (Å²) in [4.78, 5) is 0. The first-order valence-electron chi connectivity index (χ1n) is 6.34. The minimum Gasteiger partial charge on any atom is -0.310 e. The second kappa shape index (κ2) is 4.58. The fraction of sp³-hybridized carbons (Fsp3) is 0.600. The molecule has 1 aromatic carbocycles. The summed E-state index contributed by atoms with van der Waals surface area (Å²) in [6.45, 7) is 7.92. The normalized spacial score (nSPS) is 23.6. The molecule has 0 radical (unpaired) electrons. The lowest BCUT2D eigenvalue weighted by molar-refractivity contribution is 0.364. The molecule has 0 aromatic heterocycles. The highest BCUT2D eigenvalue weighted by Crippen LogP contribution is 2.36. The second-order valence-corrected chi connectivity index (χ2v) is 5.97. The molecule has 16 heavy (non-hydrogen) atoms. The van der Waals surface area contributed by atoms with Crippen molar-refractivity contribution >= 4 is 0 Å². The molecule has 1 atom stereocenters. The first kappa shape index (κ1) is 11.7. The lowest BCUT2D eigenvalue weighted by atomic mass is 9.92. The van der Waals surface area contributed by atoms with Gasteiger partial charge in [0.25, 0.3) is 0 Å². The molecular weight excluding hydrogens is 194 g/mol. The fourth-order valence-corrected chi connectivity index (χ4v) is 2.69. The lowest BCUT2D eigenvalue weighted by Gasteiger charge is -2.18. The largest absolute Gasteiger partial charge is 0.310 e. The van der Waals surface area contributed by atoms with E-state index in [9.17, 15) is 0 Å². The van der Waals surface area contributed by atoms with E-state index in [1.54, 1.807) is 0 Å². The molecule has 1 aromatic rings. The van der Waals surface area contributed by atoms with Gasteiger partial charge in [0.15, 0.2) is 0 Å². The summed E-state index contributed by atoms with van der Waals surface area (Å²) in [7, 11) is 0. The zero-order chi connectivity index (χ0) is 11.6. The van der Waals surface area contributed by atoms with Crippen molar-refractivity contribution in [2.24, 2.45) is 5.41 Å². The third-order valence-electron chi connectivity index (χ3n) is 3.65. The molecule has 0 spiro atoms. The molecule has 1 unspecified atom stereocenters. The Morgan fingerprint density at radius 2 is 2.19 bits per heavy atom. The van der Waals surface area contributed by atoms with Crippen LogP contribution in [-0.4, -0.2) is 6.04 Å². The molecule has 0 bridgehead atoms. The quantitative estimate of drug-likeness (QED) is 0.814. The van der Waals surface area contributed by atoms with Gasteiger partial charge < -0.3 is 5.32 Å². The molecule has 1 heteroatoms. The van der Waals surface area contributed by atoms with Gasteiger partial charge in [0, 0.05) is 12.6 Å². The van der Waals surface area contributed by atoms with Crippen LogP contribution in [-0.2, 0) is 6.54 Å². The number of hydrogen-bond donors (Lipinski definition) is 1. The molecule has 2 rings (SSSR count). The van der Waals surface area contributed by atoms with E-state index in [1.165, 1.54) is 30.4 Å². The van der Waals surface area contributed by atoms with Crippen LogP contribution >= 0.6 is 0 Å². The number of rotatable bonds is 3. The molecule has 1 nitrogen and oxygen atoms in total. The molecule has 1 aliphatic carbocycles. The molecule has 0 saturated heterocycles. The Labute approximate surface area is 99.3 Å². The number of hydrogen-bond acceptors (Lipinski definition) is 1. The number of aryl methyl sites for hydroxylation is 1. The van der Waals surface area contributed by atoms with E-state index < -0.39 is 0 Å². The topological polar surface area (TPSA) is 12.0 Å². The summed E-state index contributed by atoms with van der Waals surface area (Å²) in [6.07, 6.45) is 4.01. The van der Waals surface area contributed by atoms with Crippen LogP contribution in [0.5, 0.6) is 0 Å². The van der Waals surface area contributed by atoms with Crippen molar-refractivity contribution < 1.29 is 0 Å². The summed E-state index contributed by atoms with van der Waals surface area (Å²) in [6, 6.07) is 9.50. The Morgan fingerprint density at radius 1 is 1.38 bits per heavy atom. The maximum Gasteiger partial charge on any atom is 0.0208 e. The molecule has 1 N–H and O–H groups in total. The van der Waals surface area contributed by atoms with Gasteiger partial charge in [-0.1, -0.05) is 43.7 Å². The van der Waals surface area contributed by atoms with Gasteiger partial charge in [-0.05, 0) is 37.2 Å². The van der Waals surface area contributed by atoms with Crippen LogP contribution in [0.3, 0.4) is 0 Å². The Kier molecular flexibility index (Phi) is 3.34. The van der Waals surface area contributed by atoms with Crippen molar-refractivity contribution in [3.8, 4) is 0 Å². The van der Waals surface area contributed by atoms with Gasteiger partial charge in [-0.25, -0.2) is 0 Å². The molecule has 0 heterocycles. The highest BCUT2D eigenvalue weighted by atomic mass is 14.9. The van der Waals surface area contributed by atoms with E-state index in [4.69, 9.17) is 0 Å². The van der Waals surface area contributed by atoms with Gasteiger partial charge in [0.1, 0.15) is 0 Å². The Bertz CT molecular complexity index is 354. The Balaban J connectivity index is 1.84. The maximum absolute atomic E-state index is 3.68. The zero-order valence-corrected chi connectivity index (χ0v) is 10.7. The van der Waals surface area contributed by atoms with E-state index in [2.05, 4.69) is 50.4 Å². The standard InChI is InChI=1S/C15H23N/c1-12-5-4-6-13(9-12)11-16-14-7-8-15(2,3)10-14/h4-6,9,14,16H,7-8,10-11H2,1-3H3. The van der Waals surface area contributed by atoms with Crippen molar-refractivity contribution in [1.82, 2.24) is 5.32 Å². The average Bonchev–Trinajstić information content (AvgIpc) is 2.56. The third-order valence-corrected chi connectivity index (χ3v) is 3.65. The van der Waals surface area contributed by atoms with Gasteiger partial charge >= 0.3 is 0 Å². The summed E-state index contributed by atoms with van der Waals surface area (Å²) < 4.78 is 0. The third kappa shape index (κ3) is 3.08. The van der Waals surface area contributed by atoms with Crippen LogP contribution in [0.2, 0.25) is 0 Å². The van der Waals surface area contributed by atoms with Crippen LogP contribution in [0.4, 0.5) is 0 Å². The Hall–Kier alpha value is -0.820. The van der Waals surface area contributed by atoms with E-state index in [-0.39, 0.29) is 0 Å². The average molecular weight is 217 g/mol. The molecule has 1 fully saturated rings. The van der Waals surface area contributed by atoms with Crippen LogP contribution < -0.4 is 5.32 Å². The summed E-state index contributed by atoms with van der Waals surface area (Å²) in [5.41, 5.74) is 3.31. The molecule has 0 aliphatic heterocycles. The monoisotopic (exact) mass is 217 g/mol. The van der Waals surface area contributed by atoms with Crippen molar-refractivity contribution in [1.29, 1.82) is 0 Å². The highest BCUT2D eigenvalue weighted by molar-refractivity contribution is 5.22. The molecular formula is C15H23N. The van der Waals surface area contributed by atoms with E-state index in [1.807, 2.05) is 0 Å². The van der Waals surface area contributed by atoms with Crippen LogP contribution in [0, 0.1) is 12.3 Å². The van der Waals surface area contributed by atoms with E-state index in [0.717, 1.165) is 12.6 Å². The maximum atomic E-state index is 3.68. The molecule has 0 amide bonds. The van der Waals surface area contributed by atoms with Crippen molar-refractivity contribution in [3.05, 3.63) is 35.4 Å². The van der Waals surface area contributed by atoms with Crippen LogP contribution in [0.15, 0.2) is 24.3 Å². The predicted molar refractivity (Wildman–Crippen MR) is 69.4 cm³/mol. The lowest BCUT2D eigenvalue weighted by Crippen LogP contribution is -2.26. The molecule has 88 valence electrons. The van der Waals surface area contributed by atoms with E-state index in [0.29, 0.717) is 5.41 Å². The van der Waals surface area contributed by atoms with Gasteiger partial charge in [-0.2, -0.15) is 0 Å². The highest BCUT2D eigenvalue weighted by Gasteiger charge is 2.30. The first-order chi connectivity index (χ1) is 7.55. The summed E-state index contributed by atoms with van der Waals surface area (Å²) in [5.74, 6) is 0. The number of nitrogens with one attached hydrogen (secondary N) is 1. The Morgan fingerprint density at radius 3 is 2.81 bits per heavy atom. The minimum absolute atomic E-state index is 0.546. The molecule has 1 saturated carbocycles. The molecule has 1 aliphatic rings. The van der Waals surface area contributed by atoms with Crippen molar-refractivity contribution in [2.75, 3.05) is 0 Å². The first-order valence-corrected chi connectivity index (χ1v) is 6.34. The summed E-state index contributed by atoms with van der Waals surface area (Å²) in [5, 5.41) is 3.68. The van der Waals surface area contributed by atoms with Crippen LogP contribution in [0.1, 0.15) is 44.2 Å². The summed E-state index contributed by atoms with van der Waals surface area (Å²) >= 11 is 0. The van der Waals surface area contributed by atoms with Gasteiger partial charge in [-0.3, -0.25) is 0 Å². The van der Waals surface area contributed by atoms with Gasteiger partial charge in [0.2, 0.25) is 0 Å². The fourth-order valence-electron chi connectivity index (χ4n) is 2.69.